The van der Waals surface area contributed by atoms with E-state index in [1.54, 1.807) is 12.1 Å². The van der Waals surface area contributed by atoms with Crippen LogP contribution in [0.3, 0.4) is 0 Å². The lowest BCUT2D eigenvalue weighted by molar-refractivity contribution is -0.119. The number of aliphatic hydroxyl groups excluding tert-OH is 1. The SMILES string of the molecule is CCOc1cc(CO)c(Br)cc1OCC(N)=O. The van der Waals surface area contributed by atoms with Crippen molar-refractivity contribution in [2.45, 2.75) is 13.5 Å². The van der Waals surface area contributed by atoms with Gasteiger partial charge in [-0.3, -0.25) is 4.79 Å². The van der Waals surface area contributed by atoms with E-state index in [-0.39, 0.29) is 13.2 Å². The lowest BCUT2D eigenvalue weighted by atomic mass is 10.2. The molecule has 0 fully saturated rings. The van der Waals surface area contributed by atoms with Crippen molar-refractivity contribution in [3.63, 3.8) is 0 Å². The molecule has 94 valence electrons. The summed E-state index contributed by atoms with van der Waals surface area (Å²) in [5.41, 5.74) is 5.68. The molecule has 0 aliphatic rings. The molecular weight excluding hydrogens is 290 g/mol. The average Bonchev–Trinajstić information content (AvgIpc) is 2.29. The van der Waals surface area contributed by atoms with Crippen LogP contribution in [-0.4, -0.2) is 24.2 Å². The number of carbonyl (C=O) groups excluding carboxylic acids is 1. The third kappa shape index (κ3) is 3.90. The zero-order valence-corrected chi connectivity index (χ0v) is 11.0. The average molecular weight is 304 g/mol. The number of rotatable bonds is 6. The van der Waals surface area contributed by atoms with E-state index >= 15 is 0 Å². The molecule has 1 aromatic carbocycles. The van der Waals surface area contributed by atoms with Crippen molar-refractivity contribution in [1.29, 1.82) is 0 Å². The number of benzene rings is 1. The molecule has 1 aromatic rings. The van der Waals surface area contributed by atoms with Crippen molar-refractivity contribution >= 4 is 21.8 Å². The number of carbonyl (C=O) groups is 1. The van der Waals surface area contributed by atoms with E-state index in [2.05, 4.69) is 15.9 Å². The summed E-state index contributed by atoms with van der Waals surface area (Å²) in [7, 11) is 0. The van der Waals surface area contributed by atoms with E-state index in [1.807, 2.05) is 6.92 Å². The Balaban J connectivity index is 2.99. The summed E-state index contributed by atoms with van der Waals surface area (Å²) in [6, 6.07) is 3.30. The molecule has 1 amide bonds. The number of primary amides is 1. The Labute approximate surface area is 108 Å². The topological polar surface area (TPSA) is 81.8 Å². The standard InChI is InChI=1S/C11H14BrNO4/c1-2-16-9-3-7(5-14)8(12)4-10(9)17-6-11(13)15/h3-4,14H,2,5-6H2,1H3,(H2,13,15). The highest BCUT2D eigenvalue weighted by molar-refractivity contribution is 9.10. The second-order valence-corrected chi connectivity index (χ2v) is 4.09. The van der Waals surface area contributed by atoms with Gasteiger partial charge in [-0.25, -0.2) is 0 Å². The fourth-order valence-electron chi connectivity index (χ4n) is 1.23. The summed E-state index contributed by atoms with van der Waals surface area (Å²) in [4.78, 5) is 10.7. The zero-order chi connectivity index (χ0) is 12.8. The second-order valence-electron chi connectivity index (χ2n) is 3.24. The number of aliphatic hydroxyl groups is 1. The predicted molar refractivity (Wildman–Crippen MR) is 65.9 cm³/mol. The quantitative estimate of drug-likeness (QED) is 0.827. The molecule has 0 radical (unpaired) electrons. The van der Waals surface area contributed by atoms with Gasteiger partial charge in [-0.2, -0.15) is 0 Å². The van der Waals surface area contributed by atoms with Crippen molar-refractivity contribution in [3.05, 3.63) is 22.2 Å². The summed E-state index contributed by atoms with van der Waals surface area (Å²) in [6.45, 7) is 1.96. The van der Waals surface area contributed by atoms with Crippen LogP contribution in [0.2, 0.25) is 0 Å². The molecule has 0 atom stereocenters. The van der Waals surface area contributed by atoms with Crippen LogP contribution < -0.4 is 15.2 Å². The number of nitrogens with two attached hydrogens (primary N) is 1. The molecule has 0 saturated carbocycles. The zero-order valence-electron chi connectivity index (χ0n) is 9.40. The molecule has 0 aliphatic carbocycles. The maximum absolute atomic E-state index is 10.7. The van der Waals surface area contributed by atoms with Gasteiger partial charge in [0, 0.05) is 4.47 Å². The van der Waals surface area contributed by atoms with Gasteiger partial charge in [0.1, 0.15) is 0 Å². The van der Waals surface area contributed by atoms with Gasteiger partial charge in [0.05, 0.1) is 13.2 Å². The normalized spacial score (nSPS) is 10.1. The summed E-state index contributed by atoms with van der Waals surface area (Å²) >= 11 is 3.29. The monoisotopic (exact) mass is 303 g/mol. The van der Waals surface area contributed by atoms with Crippen LogP contribution >= 0.6 is 15.9 Å². The van der Waals surface area contributed by atoms with Crippen LogP contribution in [0.1, 0.15) is 12.5 Å². The minimum atomic E-state index is -0.560. The van der Waals surface area contributed by atoms with Gasteiger partial charge in [0.2, 0.25) is 0 Å². The predicted octanol–water partition coefficient (Wildman–Crippen LogP) is 1.20. The first-order valence-electron chi connectivity index (χ1n) is 5.05. The molecule has 0 aromatic heterocycles. The minimum absolute atomic E-state index is 0.114. The maximum Gasteiger partial charge on any atom is 0.255 e. The van der Waals surface area contributed by atoms with Crippen LogP contribution in [-0.2, 0) is 11.4 Å². The Morgan fingerprint density at radius 1 is 1.41 bits per heavy atom. The highest BCUT2D eigenvalue weighted by atomic mass is 79.9. The molecule has 5 nitrogen and oxygen atoms in total. The van der Waals surface area contributed by atoms with Crippen LogP contribution in [0.15, 0.2) is 16.6 Å². The lowest BCUT2D eigenvalue weighted by Gasteiger charge is -2.13. The molecule has 3 N–H and O–H groups in total. The second kappa shape index (κ2) is 6.46. The summed E-state index contributed by atoms with van der Waals surface area (Å²) in [5, 5.41) is 9.12. The van der Waals surface area contributed by atoms with Gasteiger partial charge in [-0.1, -0.05) is 15.9 Å². The highest BCUT2D eigenvalue weighted by Gasteiger charge is 2.11. The van der Waals surface area contributed by atoms with E-state index < -0.39 is 5.91 Å². The van der Waals surface area contributed by atoms with Crippen molar-refractivity contribution in [3.8, 4) is 11.5 Å². The Morgan fingerprint density at radius 3 is 2.59 bits per heavy atom. The maximum atomic E-state index is 10.7. The Bertz CT molecular complexity index is 409. The third-order valence-corrected chi connectivity index (χ3v) is 2.69. The van der Waals surface area contributed by atoms with Gasteiger partial charge < -0.3 is 20.3 Å². The number of hydrogen-bond acceptors (Lipinski definition) is 4. The van der Waals surface area contributed by atoms with E-state index in [1.165, 1.54) is 0 Å². The number of halogens is 1. The van der Waals surface area contributed by atoms with Gasteiger partial charge in [0.25, 0.3) is 5.91 Å². The first-order valence-corrected chi connectivity index (χ1v) is 5.85. The molecule has 6 heteroatoms. The minimum Gasteiger partial charge on any atom is -0.490 e. The van der Waals surface area contributed by atoms with Crippen molar-refractivity contribution < 1.29 is 19.4 Å². The number of amides is 1. The van der Waals surface area contributed by atoms with E-state index in [4.69, 9.17) is 20.3 Å². The molecule has 0 saturated heterocycles. The molecule has 0 aliphatic heterocycles. The number of hydrogen-bond donors (Lipinski definition) is 2. The van der Waals surface area contributed by atoms with Crippen LogP contribution in [0, 0.1) is 0 Å². The first-order chi connectivity index (χ1) is 8.08. The third-order valence-electron chi connectivity index (χ3n) is 1.95. The Hall–Kier alpha value is -1.27. The van der Waals surface area contributed by atoms with Gasteiger partial charge in [-0.15, -0.1) is 0 Å². The van der Waals surface area contributed by atoms with Crippen LogP contribution in [0.5, 0.6) is 11.5 Å². The van der Waals surface area contributed by atoms with E-state index in [0.29, 0.717) is 28.1 Å². The largest absolute Gasteiger partial charge is 0.490 e. The van der Waals surface area contributed by atoms with Gasteiger partial charge in [-0.05, 0) is 24.6 Å². The lowest BCUT2D eigenvalue weighted by Crippen LogP contribution is -2.20. The van der Waals surface area contributed by atoms with Gasteiger partial charge >= 0.3 is 0 Å². The van der Waals surface area contributed by atoms with Crippen LogP contribution in [0.4, 0.5) is 0 Å². The summed E-state index contributed by atoms with van der Waals surface area (Å²) < 4.78 is 11.3. The summed E-state index contributed by atoms with van der Waals surface area (Å²) in [6.07, 6.45) is 0. The van der Waals surface area contributed by atoms with Gasteiger partial charge in [0.15, 0.2) is 18.1 Å². The number of ether oxygens (including phenoxy) is 2. The van der Waals surface area contributed by atoms with Crippen molar-refractivity contribution in [1.82, 2.24) is 0 Å². The van der Waals surface area contributed by atoms with Crippen LogP contribution in [0.25, 0.3) is 0 Å². The Kier molecular flexibility index (Phi) is 5.24. The van der Waals surface area contributed by atoms with E-state index in [0.717, 1.165) is 0 Å². The van der Waals surface area contributed by atoms with E-state index in [9.17, 15) is 4.79 Å². The molecule has 0 unspecified atom stereocenters. The first kappa shape index (κ1) is 13.8. The molecule has 17 heavy (non-hydrogen) atoms. The fraction of sp³-hybridized carbons (Fsp3) is 0.364. The fourth-order valence-corrected chi connectivity index (χ4v) is 1.68. The van der Waals surface area contributed by atoms with Crippen molar-refractivity contribution in [2.75, 3.05) is 13.2 Å². The molecule has 0 heterocycles. The Morgan fingerprint density at radius 2 is 2.06 bits per heavy atom. The molecule has 0 bridgehead atoms. The molecule has 0 spiro atoms. The smallest absolute Gasteiger partial charge is 0.255 e. The molecule has 1 rings (SSSR count). The molecular formula is C11H14BrNO4. The highest BCUT2D eigenvalue weighted by Crippen LogP contribution is 2.33. The van der Waals surface area contributed by atoms with Crippen molar-refractivity contribution in [2.24, 2.45) is 5.73 Å². The summed E-state index contributed by atoms with van der Waals surface area (Å²) in [5.74, 6) is 0.325.